The fourth-order valence-electron chi connectivity index (χ4n) is 0.827. The van der Waals surface area contributed by atoms with Gasteiger partial charge in [0.05, 0.1) is 0 Å². The number of nitrogens with two attached hydrogens (primary N) is 1. The molecule has 0 saturated heterocycles. The van der Waals surface area contributed by atoms with Gasteiger partial charge in [-0.2, -0.15) is 0 Å². The third kappa shape index (κ3) is 3.62. The van der Waals surface area contributed by atoms with Gasteiger partial charge in [0, 0.05) is 7.05 Å². The maximum absolute atomic E-state index is 5.35. The average molecular weight is 191 g/mol. The van der Waals surface area contributed by atoms with Gasteiger partial charge in [-0.3, -0.25) is 0 Å². The molecule has 0 fully saturated rings. The summed E-state index contributed by atoms with van der Waals surface area (Å²) >= 11 is 0. The van der Waals surface area contributed by atoms with E-state index in [1.54, 1.807) is 7.05 Å². The summed E-state index contributed by atoms with van der Waals surface area (Å²) in [6, 6.07) is 9.40. The number of hydroxylamine groups is 2. The molecule has 4 heteroatoms. The molecule has 0 bridgehead atoms. The van der Waals surface area contributed by atoms with Crippen LogP contribution in [0.4, 0.5) is 0 Å². The highest BCUT2D eigenvalue weighted by molar-refractivity contribution is 5.54. The zero-order valence-electron chi connectivity index (χ0n) is 8.05. The number of hydrogen-bond donors (Lipinski definition) is 1. The molecular weight excluding hydrogens is 178 g/mol. The van der Waals surface area contributed by atoms with Crippen molar-refractivity contribution in [1.82, 2.24) is 5.06 Å². The van der Waals surface area contributed by atoms with Gasteiger partial charge in [-0.25, -0.2) is 10.1 Å². The molecule has 0 aliphatic carbocycles. The first-order valence-electron chi connectivity index (χ1n) is 4.13. The lowest BCUT2D eigenvalue weighted by Gasteiger charge is -2.13. The number of hydrogen-bond acceptors (Lipinski definition) is 3. The van der Waals surface area contributed by atoms with Crippen LogP contribution in [0.1, 0.15) is 0 Å². The van der Waals surface area contributed by atoms with E-state index in [-0.39, 0.29) is 5.82 Å². The fourth-order valence-corrected chi connectivity index (χ4v) is 0.827. The van der Waals surface area contributed by atoms with Crippen molar-refractivity contribution < 1.29 is 4.84 Å². The molecule has 2 N–H and O–H groups in total. The lowest BCUT2D eigenvalue weighted by Crippen LogP contribution is -2.20. The average Bonchev–Trinajstić information content (AvgIpc) is 2.16. The van der Waals surface area contributed by atoms with Crippen molar-refractivity contribution in [3.63, 3.8) is 0 Å². The van der Waals surface area contributed by atoms with E-state index in [0.717, 1.165) is 5.75 Å². The molecular formula is C10H13N3O. The smallest absolute Gasteiger partial charge is 0.155 e. The van der Waals surface area contributed by atoms with Crippen LogP contribution in [-0.2, 0) is 0 Å². The van der Waals surface area contributed by atoms with Crippen molar-refractivity contribution in [3.8, 4) is 5.75 Å². The lowest BCUT2D eigenvalue weighted by atomic mass is 10.3. The van der Waals surface area contributed by atoms with Crippen LogP contribution in [0.3, 0.4) is 0 Å². The van der Waals surface area contributed by atoms with E-state index >= 15 is 0 Å². The molecule has 1 aromatic carbocycles. The second kappa shape index (κ2) is 4.91. The minimum atomic E-state index is 0.244. The summed E-state index contributed by atoms with van der Waals surface area (Å²) in [5.41, 5.74) is 5.26. The van der Waals surface area contributed by atoms with Crippen LogP contribution in [0.2, 0.25) is 0 Å². The van der Waals surface area contributed by atoms with E-state index in [0.29, 0.717) is 0 Å². The largest absolute Gasteiger partial charge is 0.384 e. The van der Waals surface area contributed by atoms with Gasteiger partial charge in [-0.15, -0.1) is 0 Å². The lowest BCUT2D eigenvalue weighted by molar-refractivity contribution is 0.0541. The van der Waals surface area contributed by atoms with E-state index in [9.17, 15) is 0 Å². The predicted molar refractivity (Wildman–Crippen MR) is 56.7 cm³/mol. The van der Waals surface area contributed by atoms with Crippen LogP contribution < -0.4 is 10.6 Å². The van der Waals surface area contributed by atoms with Crippen LogP contribution >= 0.6 is 0 Å². The highest BCUT2D eigenvalue weighted by atomic mass is 16.7. The third-order valence-corrected chi connectivity index (χ3v) is 1.38. The zero-order chi connectivity index (χ0) is 10.4. The van der Waals surface area contributed by atoms with Crippen LogP contribution in [-0.4, -0.2) is 18.4 Å². The first kappa shape index (κ1) is 10.1. The van der Waals surface area contributed by atoms with Crippen LogP contribution in [0.5, 0.6) is 5.75 Å². The molecule has 0 radical (unpaired) electrons. The van der Waals surface area contributed by atoms with E-state index in [4.69, 9.17) is 10.6 Å². The molecule has 0 saturated carbocycles. The molecule has 1 rings (SSSR count). The van der Waals surface area contributed by atoms with Gasteiger partial charge < -0.3 is 10.6 Å². The summed E-state index contributed by atoms with van der Waals surface area (Å²) in [5.74, 6) is 0.984. The van der Waals surface area contributed by atoms with Crippen LogP contribution in [0, 0.1) is 0 Å². The van der Waals surface area contributed by atoms with Gasteiger partial charge in [0.1, 0.15) is 12.2 Å². The Bertz CT molecular complexity index is 321. The molecule has 0 atom stereocenters. The molecule has 0 unspecified atom stereocenters. The maximum atomic E-state index is 5.35. The van der Waals surface area contributed by atoms with Crippen molar-refractivity contribution in [2.75, 3.05) is 7.05 Å². The molecule has 1 aromatic rings. The Hall–Kier alpha value is -1.97. The van der Waals surface area contributed by atoms with Crippen molar-refractivity contribution >= 4 is 6.34 Å². The predicted octanol–water partition coefficient (Wildman–Crippen LogP) is 1.37. The molecule has 0 aliphatic rings. The highest BCUT2D eigenvalue weighted by Crippen LogP contribution is 2.08. The number of benzene rings is 1. The molecule has 0 spiro atoms. The molecule has 0 aromatic heterocycles. The van der Waals surface area contributed by atoms with Gasteiger partial charge in [-0.05, 0) is 12.1 Å². The van der Waals surface area contributed by atoms with Crippen molar-refractivity contribution in [2.24, 2.45) is 10.7 Å². The SMILES string of the molecule is C=C(N)/N=C\N(C)Oc1ccccc1. The third-order valence-electron chi connectivity index (χ3n) is 1.38. The summed E-state index contributed by atoms with van der Waals surface area (Å²) in [6.45, 7) is 3.43. The van der Waals surface area contributed by atoms with Crippen molar-refractivity contribution in [1.29, 1.82) is 0 Å². The van der Waals surface area contributed by atoms with Crippen molar-refractivity contribution in [2.45, 2.75) is 0 Å². The van der Waals surface area contributed by atoms with E-state index in [1.807, 2.05) is 30.3 Å². The molecule has 4 nitrogen and oxygen atoms in total. The Morgan fingerprint density at radius 1 is 1.50 bits per heavy atom. The highest BCUT2D eigenvalue weighted by Gasteiger charge is 1.94. The summed E-state index contributed by atoms with van der Waals surface area (Å²) in [4.78, 5) is 9.13. The van der Waals surface area contributed by atoms with Crippen molar-refractivity contribution in [3.05, 3.63) is 42.7 Å². The topological polar surface area (TPSA) is 50.8 Å². The Kier molecular flexibility index (Phi) is 3.55. The summed E-state index contributed by atoms with van der Waals surface area (Å²) < 4.78 is 0. The van der Waals surface area contributed by atoms with Gasteiger partial charge in [0.25, 0.3) is 0 Å². The van der Waals surface area contributed by atoms with Gasteiger partial charge in [0.15, 0.2) is 5.75 Å². The minimum absolute atomic E-state index is 0.244. The Labute approximate surface area is 83.3 Å². The number of aliphatic imine (C=N–C) groups is 1. The zero-order valence-corrected chi connectivity index (χ0v) is 8.05. The van der Waals surface area contributed by atoms with Gasteiger partial charge in [-0.1, -0.05) is 24.8 Å². The Morgan fingerprint density at radius 2 is 2.14 bits per heavy atom. The molecule has 14 heavy (non-hydrogen) atoms. The maximum Gasteiger partial charge on any atom is 0.155 e. The molecule has 0 aliphatic heterocycles. The number of para-hydroxylation sites is 1. The van der Waals surface area contributed by atoms with E-state index in [2.05, 4.69) is 11.6 Å². The Morgan fingerprint density at radius 3 is 2.71 bits per heavy atom. The summed E-state index contributed by atoms with van der Waals surface area (Å²) in [5, 5.41) is 1.45. The monoisotopic (exact) mass is 191 g/mol. The second-order valence-corrected chi connectivity index (χ2v) is 2.69. The minimum Gasteiger partial charge on any atom is -0.384 e. The van der Waals surface area contributed by atoms with Gasteiger partial charge in [0.2, 0.25) is 0 Å². The number of rotatable bonds is 4. The van der Waals surface area contributed by atoms with Gasteiger partial charge >= 0.3 is 0 Å². The first-order chi connectivity index (χ1) is 6.68. The second-order valence-electron chi connectivity index (χ2n) is 2.69. The van der Waals surface area contributed by atoms with E-state index in [1.165, 1.54) is 11.4 Å². The standard InChI is InChI=1S/C10H13N3O/c1-9(11)12-8-13(2)14-10-6-4-3-5-7-10/h3-8H,1,11H2,2H3/b12-8-. The molecule has 0 heterocycles. The summed E-state index contributed by atoms with van der Waals surface area (Å²) in [7, 11) is 1.72. The molecule has 0 amide bonds. The number of nitrogens with zero attached hydrogens (tertiary/aromatic N) is 2. The quantitative estimate of drug-likeness (QED) is 0.444. The fraction of sp³-hybridized carbons (Fsp3) is 0.100. The van der Waals surface area contributed by atoms with Crippen LogP contribution in [0.15, 0.2) is 47.7 Å². The Balaban J connectivity index is 2.49. The van der Waals surface area contributed by atoms with E-state index < -0.39 is 0 Å². The van der Waals surface area contributed by atoms with Crippen LogP contribution in [0.25, 0.3) is 0 Å². The summed E-state index contributed by atoms with van der Waals surface area (Å²) in [6.07, 6.45) is 1.45. The first-order valence-corrected chi connectivity index (χ1v) is 4.13. The normalized spacial score (nSPS) is 10.1. The molecule has 74 valence electrons.